The highest BCUT2D eigenvalue weighted by atomic mass is 16.5. The van der Waals surface area contributed by atoms with Crippen molar-refractivity contribution in [1.29, 1.82) is 0 Å². The molecule has 24 heavy (non-hydrogen) atoms. The average molecular weight is 334 g/mol. The number of nitrogens with one attached hydrogen (secondary N) is 2. The molecule has 130 valence electrons. The van der Waals surface area contributed by atoms with Crippen molar-refractivity contribution in [3.8, 4) is 0 Å². The van der Waals surface area contributed by atoms with Gasteiger partial charge in [-0.1, -0.05) is 12.1 Å². The fourth-order valence-corrected chi connectivity index (χ4v) is 3.11. The molecule has 0 aliphatic carbocycles. The van der Waals surface area contributed by atoms with Crippen LogP contribution >= 0.6 is 0 Å². The summed E-state index contributed by atoms with van der Waals surface area (Å²) in [6.45, 7) is 2.53. The van der Waals surface area contributed by atoms with Gasteiger partial charge in [-0.2, -0.15) is 0 Å². The van der Waals surface area contributed by atoms with Gasteiger partial charge >= 0.3 is 11.9 Å². The quantitative estimate of drug-likeness (QED) is 0.549. The maximum Gasteiger partial charge on any atom is 0.396 e. The predicted molar refractivity (Wildman–Crippen MR) is 86.5 cm³/mol. The number of aliphatic hydroxyl groups is 1. The molecular formula is C17H22N2O5. The first-order valence-electron chi connectivity index (χ1n) is 8.22. The van der Waals surface area contributed by atoms with Crippen molar-refractivity contribution >= 4 is 17.6 Å². The summed E-state index contributed by atoms with van der Waals surface area (Å²) < 4.78 is 10.4. The maximum atomic E-state index is 11.5. The first-order chi connectivity index (χ1) is 11.6. The zero-order chi connectivity index (χ0) is 17.1. The Labute approximate surface area is 140 Å². The molecule has 1 aromatic carbocycles. The summed E-state index contributed by atoms with van der Waals surface area (Å²) >= 11 is 0. The molecule has 3 rings (SSSR count). The minimum atomic E-state index is -0.854. The molecule has 2 aliphatic rings. The van der Waals surface area contributed by atoms with Gasteiger partial charge in [0.05, 0.1) is 31.5 Å². The molecule has 1 saturated heterocycles. The number of benzene rings is 1. The van der Waals surface area contributed by atoms with Gasteiger partial charge in [0.25, 0.3) is 0 Å². The molecule has 1 fully saturated rings. The number of amides is 1. The molecule has 3 N–H and O–H groups in total. The second kappa shape index (κ2) is 7.19. The van der Waals surface area contributed by atoms with Crippen molar-refractivity contribution in [1.82, 2.24) is 5.32 Å². The van der Waals surface area contributed by atoms with E-state index < -0.39 is 18.0 Å². The highest BCUT2D eigenvalue weighted by Gasteiger charge is 2.36. The average Bonchev–Trinajstić information content (AvgIpc) is 2.58. The van der Waals surface area contributed by atoms with Crippen LogP contribution in [0.15, 0.2) is 18.2 Å². The van der Waals surface area contributed by atoms with Gasteiger partial charge in [-0.3, -0.25) is 4.79 Å². The highest BCUT2D eigenvalue weighted by Crippen LogP contribution is 2.39. The smallest absolute Gasteiger partial charge is 0.396 e. The predicted octanol–water partition coefficient (Wildman–Crippen LogP) is 0.525. The largest absolute Gasteiger partial charge is 0.459 e. The van der Waals surface area contributed by atoms with Gasteiger partial charge in [0.2, 0.25) is 0 Å². The molecule has 3 atom stereocenters. The van der Waals surface area contributed by atoms with Crippen LogP contribution in [0.3, 0.4) is 0 Å². The molecule has 7 nitrogen and oxygen atoms in total. The molecule has 0 aromatic heterocycles. The monoisotopic (exact) mass is 334 g/mol. The Hall–Kier alpha value is -2.12. The van der Waals surface area contributed by atoms with Gasteiger partial charge < -0.3 is 25.2 Å². The summed E-state index contributed by atoms with van der Waals surface area (Å²) in [5, 5.41) is 15.8. The van der Waals surface area contributed by atoms with Crippen LogP contribution in [0.25, 0.3) is 0 Å². The number of hydrogen-bond donors (Lipinski definition) is 3. The molecule has 1 amide bonds. The second-order valence-electron chi connectivity index (χ2n) is 6.02. The number of hydrogen-bond acceptors (Lipinski definition) is 6. The number of aliphatic hydroxyl groups excluding tert-OH is 1. The van der Waals surface area contributed by atoms with E-state index >= 15 is 0 Å². The molecule has 0 saturated carbocycles. The first kappa shape index (κ1) is 16.7. The van der Waals surface area contributed by atoms with Crippen LogP contribution in [0.1, 0.15) is 30.6 Å². The van der Waals surface area contributed by atoms with E-state index in [2.05, 4.69) is 21.4 Å². The fraction of sp³-hybridized carbons (Fsp3) is 0.529. The van der Waals surface area contributed by atoms with E-state index in [1.807, 2.05) is 12.1 Å². The molecule has 0 radical (unpaired) electrons. The molecule has 2 aliphatic heterocycles. The van der Waals surface area contributed by atoms with Gasteiger partial charge in [0.15, 0.2) is 0 Å². The van der Waals surface area contributed by atoms with E-state index in [1.165, 1.54) is 0 Å². The summed E-state index contributed by atoms with van der Waals surface area (Å²) in [5.74, 6) is -1.57. The molecule has 7 heteroatoms. The van der Waals surface area contributed by atoms with Crippen LogP contribution in [0.5, 0.6) is 0 Å². The summed E-state index contributed by atoms with van der Waals surface area (Å²) in [6.07, 6.45) is 0.866. The molecule has 2 heterocycles. The molecule has 0 spiro atoms. The number of esters is 1. The Balaban J connectivity index is 1.59. The Morgan fingerprint density at radius 1 is 1.46 bits per heavy atom. The lowest BCUT2D eigenvalue weighted by Gasteiger charge is -2.40. The first-order valence-corrected chi connectivity index (χ1v) is 8.22. The third kappa shape index (κ3) is 3.52. The van der Waals surface area contributed by atoms with Crippen LogP contribution < -0.4 is 10.6 Å². The number of anilines is 1. The number of carbonyl (C=O) groups is 2. The lowest BCUT2D eigenvalue weighted by molar-refractivity contribution is -0.154. The van der Waals surface area contributed by atoms with Crippen LogP contribution in [0.2, 0.25) is 0 Å². The lowest BCUT2D eigenvalue weighted by Crippen LogP contribution is -2.46. The van der Waals surface area contributed by atoms with Gasteiger partial charge in [-0.05, 0) is 25.0 Å². The van der Waals surface area contributed by atoms with Crippen molar-refractivity contribution in [2.24, 2.45) is 0 Å². The minimum absolute atomic E-state index is 0.0104. The van der Waals surface area contributed by atoms with Gasteiger partial charge in [0.1, 0.15) is 0 Å². The van der Waals surface area contributed by atoms with Gasteiger partial charge in [-0.25, -0.2) is 4.79 Å². The number of carbonyl (C=O) groups excluding carboxylic acids is 2. The van der Waals surface area contributed by atoms with Crippen molar-refractivity contribution < 1.29 is 24.2 Å². The van der Waals surface area contributed by atoms with E-state index in [1.54, 1.807) is 6.92 Å². The Morgan fingerprint density at radius 2 is 2.29 bits per heavy atom. The van der Waals surface area contributed by atoms with Crippen LogP contribution in [0, 0.1) is 0 Å². The standard InChI is InChI=1S/C17H22N2O5/c1-2-23-17(22)16(21)18-6-5-10-3-4-12-11(7-10)15-8-13(19-12)14(20)9-24-15/h3-4,7,13-15,19-20H,2,5-6,8-9H2,1H3,(H,18,21)/t13?,14-,15?/m1/s1. The zero-order valence-electron chi connectivity index (χ0n) is 13.6. The number of fused-ring (bicyclic) bond motifs is 4. The van der Waals surface area contributed by atoms with Crippen molar-refractivity contribution in [2.45, 2.75) is 38.0 Å². The number of ether oxygens (including phenoxy) is 2. The van der Waals surface area contributed by atoms with E-state index in [0.29, 0.717) is 19.6 Å². The Bertz CT molecular complexity index is 633. The highest BCUT2D eigenvalue weighted by molar-refractivity contribution is 6.32. The van der Waals surface area contributed by atoms with Crippen LogP contribution in [-0.4, -0.2) is 48.9 Å². The molecular weight excluding hydrogens is 312 g/mol. The van der Waals surface area contributed by atoms with E-state index in [0.717, 1.165) is 23.2 Å². The Kier molecular flexibility index (Phi) is 5.01. The fourth-order valence-electron chi connectivity index (χ4n) is 3.11. The van der Waals surface area contributed by atoms with Crippen molar-refractivity contribution in [2.75, 3.05) is 25.1 Å². The summed E-state index contributed by atoms with van der Waals surface area (Å²) in [4.78, 5) is 22.7. The summed E-state index contributed by atoms with van der Waals surface area (Å²) in [5.41, 5.74) is 3.11. The van der Waals surface area contributed by atoms with E-state index in [4.69, 9.17) is 4.74 Å². The van der Waals surface area contributed by atoms with E-state index in [-0.39, 0.29) is 18.8 Å². The summed E-state index contributed by atoms with van der Waals surface area (Å²) in [7, 11) is 0. The lowest BCUT2D eigenvalue weighted by atomic mass is 9.89. The normalized spacial score (nSPS) is 24.5. The maximum absolute atomic E-state index is 11.5. The van der Waals surface area contributed by atoms with Crippen LogP contribution in [0.4, 0.5) is 5.69 Å². The van der Waals surface area contributed by atoms with Gasteiger partial charge in [0, 0.05) is 24.2 Å². The summed E-state index contributed by atoms with van der Waals surface area (Å²) in [6, 6.07) is 6.02. The van der Waals surface area contributed by atoms with Gasteiger partial charge in [-0.15, -0.1) is 0 Å². The Morgan fingerprint density at radius 3 is 3.08 bits per heavy atom. The van der Waals surface area contributed by atoms with Crippen molar-refractivity contribution in [3.05, 3.63) is 29.3 Å². The zero-order valence-corrected chi connectivity index (χ0v) is 13.6. The minimum Gasteiger partial charge on any atom is -0.459 e. The van der Waals surface area contributed by atoms with Crippen molar-refractivity contribution in [3.63, 3.8) is 0 Å². The number of rotatable bonds is 4. The van der Waals surface area contributed by atoms with E-state index in [9.17, 15) is 14.7 Å². The second-order valence-corrected chi connectivity index (χ2v) is 6.02. The third-order valence-corrected chi connectivity index (χ3v) is 4.36. The topological polar surface area (TPSA) is 96.9 Å². The third-order valence-electron chi connectivity index (χ3n) is 4.36. The molecule has 2 unspecified atom stereocenters. The SMILES string of the molecule is CCOC(=O)C(=O)NCCc1ccc2c(c1)C1CC(N2)[C@H](O)CO1. The van der Waals surface area contributed by atoms with Crippen LogP contribution in [-0.2, 0) is 25.5 Å². The molecule has 2 bridgehead atoms. The molecule has 1 aromatic rings.